The van der Waals surface area contributed by atoms with Gasteiger partial charge in [0.25, 0.3) is 0 Å². The van der Waals surface area contributed by atoms with E-state index in [-0.39, 0.29) is 5.82 Å². The summed E-state index contributed by atoms with van der Waals surface area (Å²) in [6.07, 6.45) is 2.34. The number of halogens is 1. The van der Waals surface area contributed by atoms with E-state index in [1.165, 1.54) is 6.07 Å². The third-order valence-corrected chi connectivity index (χ3v) is 1.77. The lowest BCUT2D eigenvalue weighted by atomic mass is 10.1. The van der Waals surface area contributed by atoms with Gasteiger partial charge in [-0.05, 0) is 30.2 Å². The third kappa shape index (κ3) is 2.58. The Morgan fingerprint density at radius 2 is 2.31 bits per heavy atom. The molecule has 0 N–H and O–H groups in total. The molecule has 1 nitrogen and oxygen atoms in total. The molecule has 0 radical (unpaired) electrons. The summed E-state index contributed by atoms with van der Waals surface area (Å²) in [5.74, 6) is 0.520. The maximum Gasteiger partial charge on any atom is 0.126 e. The molecule has 0 aliphatic rings. The summed E-state index contributed by atoms with van der Waals surface area (Å²) >= 11 is 0. The highest BCUT2D eigenvalue weighted by molar-refractivity contribution is 5.29. The Balaban J connectivity index is 2.79. The molecule has 0 fully saturated rings. The summed E-state index contributed by atoms with van der Waals surface area (Å²) in [7, 11) is 0. The Bertz CT molecular complexity index is 294. The van der Waals surface area contributed by atoms with E-state index < -0.39 is 0 Å². The number of hydrogen-bond acceptors (Lipinski definition) is 1. The normalized spacial score (nSPS) is 9.69. The van der Waals surface area contributed by atoms with Gasteiger partial charge in [0.15, 0.2) is 0 Å². The number of ether oxygens (including phenoxy) is 1. The lowest BCUT2D eigenvalue weighted by molar-refractivity contribution is 0.362. The molecule has 2 heteroatoms. The summed E-state index contributed by atoms with van der Waals surface area (Å²) in [6.45, 7) is 5.90. The van der Waals surface area contributed by atoms with Crippen molar-refractivity contribution in [3.05, 3.63) is 42.2 Å². The summed E-state index contributed by atoms with van der Waals surface area (Å²) < 4.78 is 18.3. The van der Waals surface area contributed by atoms with E-state index in [1.54, 1.807) is 18.2 Å². The highest BCUT2D eigenvalue weighted by Gasteiger charge is 2.01. The molecule has 0 atom stereocenters. The van der Waals surface area contributed by atoms with Crippen LogP contribution in [0, 0.1) is 5.82 Å². The lowest BCUT2D eigenvalue weighted by Crippen LogP contribution is -1.95. The highest BCUT2D eigenvalue weighted by Crippen LogP contribution is 2.17. The predicted octanol–water partition coefficient (Wildman–Crippen LogP) is 2.95. The summed E-state index contributed by atoms with van der Waals surface area (Å²) in [4.78, 5) is 0. The molecule has 0 heterocycles. The molecule has 0 amide bonds. The maximum absolute atomic E-state index is 13.0. The average Bonchev–Trinajstić information content (AvgIpc) is 2.16. The van der Waals surface area contributed by atoms with E-state index in [2.05, 4.69) is 6.58 Å². The SMILES string of the molecule is C=CCOc1ccc(F)c(CC)c1. The standard InChI is InChI=1S/C11H13FO/c1-3-7-13-10-5-6-11(12)9(4-2)8-10/h3,5-6,8H,1,4,7H2,2H3. The van der Waals surface area contributed by atoms with E-state index in [0.717, 1.165) is 0 Å². The van der Waals surface area contributed by atoms with Crippen molar-refractivity contribution >= 4 is 0 Å². The van der Waals surface area contributed by atoms with E-state index in [1.807, 2.05) is 6.92 Å². The third-order valence-electron chi connectivity index (χ3n) is 1.77. The Morgan fingerprint density at radius 3 is 2.92 bits per heavy atom. The van der Waals surface area contributed by atoms with Gasteiger partial charge in [-0.3, -0.25) is 0 Å². The Kier molecular flexibility index (Phi) is 3.50. The number of aryl methyl sites for hydroxylation is 1. The minimum atomic E-state index is -0.173. The molecular formula is C11H13FO. The first-order valence-electron chi connectivity index (χ1n) is 4.30. The van der Waals surface area contributed by atoms with Crippen LogP contribution in [-0.2, 0) is 6.42 Å². The highest BCUT2D eigenvalue weighted by atomic mass is 19.1. The molecule has 0 spiro atoms. The van der Waals surface area contributed by atoms with E-state index >= 15 is 0 Å². The first-order valence-corrected chi connectivity index (χ1v) is 4.30. The minimum absolute atomic E-state index is 0.173. The zero-order valence-electron chi connectivity index (χ0n) is 7.72. The second-order valence-electron chi connectivity index (χ2n) is 2.71. The van der Waals surface area contributed by atoms with Crippen molar-refractivity contribution in [3.8, 4) is 5.75 Å². The van der Waals surface area contributed by atoms with Crippen LogP contribution in [-0.4, -0.2) is 6.61 Å². The van der Waals surface area contributed by atoms with Gasteiger partial charge in [-0.1, -0.05) is 19.6 Å². The van der Waals surface area contributed by atoms with Crippen LogP contribution in [0.4, 0.5) is 4.39 Å². The van der Waals surface area contributed by atoms with Crippen molar-refractivity contribution in [2.24, 2.45) is 0 Å². The molecule has 0 saturated heterocycles. The van der Waals surface area contributed by atoms with Gasteiger partial charge in [-0.25, -0.2) is 4.39 Å². The van der Waals surface area contributed by atoms with Crippen molar-refractivity contribution in [2.45, 2.75) is 13.3 Å². The largest absolute Gasteiger partial charge is 0.490 e. The minimum Gasteiger partial charge on any atom is -0.490 e. The van der Waals surface area contributed by atoms with Gasteiger partial charge >= 0.3 is 0 Å². The second kappa shape index (κ2) is 4.65. The maximum atomic E-state index is 13.0. The van der Waals surface area contributed by atoms with Crippen molar-refractivity contribution < 1.29 is 9.13 Å². The average molecular weight is 180 g/mol. The van der Waals surface area contributed by atoms with Gasteiger partial charge in [0.2, 0.25) is 0 Å². The molecule has 1 aromatic rings. The summed E-state index contributed by atoms with van der Waals surface area (Å²) in [6, 6.07) is 4.77. The Hall–Kier alpha value is -1.31. The van der Waals surface area contributed by atoms with Crippen LogP contribution in [0.15, 0.2) is 30.9 Å². The molecule has 0 aromatic heterocycles. The fourth-order valence-corrected chi connectivity index (χ4v) is 1.07. The van der Waals surface area contributed by atoms with Crippen molar-refractivity contribution in [3.63, 3.8) is 0 Å². The molecule has 0 bridgehead atoms. The molecule has 1 rings (SSSR count). The van der Waals surface area contributed by atoms with Crippen molar-refractivity contribution in [2.75, 3.05) is 6.61 Å². The first-order chi connectivity index (χ1) is 6.27. The van der Waals surface area contributed by atoms with Gasteiger partial charge in [-0.15, -0.1) is 0 Å². The Morgan fingerprint density at radius 1 is 1.54 bits per heavy atom. The first kappa shape index (κ1) is 9.78. The molecule has 13 heavy (non-hydrogen) atoms. The van der Waals surface area contributed by atoms with Crippen molar-refractivity contribution in [1.82, 2.24) is 0 Å². The van der Waals surface area contributed by atoms with Gasteiger partial charge in [-0.2, -0.15) is 0 Å². The van der Waals surface area contributed by atoms with Crippen LogP contribution in [0.3, 0.4) is 0 Å². The fraction of sp³-hybridized carbons (Fsp3) is 0.273. The zero-order valence-corrected chi connectivity index (χ0v) is 7.72. The smallest absolute Gasteiger partial charge is 0.126 e. The molecule has 0 saturated carbocycles. The van der Waals surface area contributed by atoms with E-state index in [9.17, 15) is 4.39 Å². The fourth-order valence-electron chi connectivity index (χ4n) is 1.07. The second-order valence-corrected chi connectivity index (χ2v) is 2.71. The molecule has 0 aliphatic carbocycles. The van der Waals surface area contributed by atoms with Crippen LogP contribution in [0.5, 0.6) is 5.75 Å². The van der Waals surface area contributed by atoms with Crippen molar-refractivity contribution in [1.29, 1.82) is 0 Å². The van der Waals surface area contributed by atoms with Crippen LogP contribution in [0.25, 0.3) is 0 Å². The summed E-state index contributed by atoms with van der Waals surface area (Å²) in [5, 5.41) is 0. The monoisotopic (exact) mass is 180 g/mol. The van der Waals surface area contributed by atoms with Crippen LogP contribution >= 0.6 is 0 Å². The zero-order chi connectivity index (χ0) is 9.68. The number of benzene rings is 1. The molecule has 70 valence electrons. The lowest BCUT2D eigenvalue weighted by Gasteiger charge is -2.05. The molecular weight excluding hydrogens is 167 g/mol. The molecule has 1 aromatic carbocycles. The van der Waals surface area contributed by atoms with Crippen LogP contribution < -0.4 is 4.74 Å². The van der Waals surface area contributed by atoms with Gasteiger partial charge in [0, 0.05) is 0 Å². The number of rotatable bonds is 4. The van der Waals surface area contributed by atoms with Gasteiger partial charge in [0.05, 0.1) is 0 Å². The topological polar surface area (TPSA) is 9.23 Å². The van der Waals surface area contributed by atoms with E-state index in [4.69, 9.17) is 4.74 Å². The predicted molar refractivity (Wildman–Crippen MR) is 51.5 cm³/mol. The van der Waals surface area contributed by atoms with Crippen LogP contribution in [0.1, 0.15) is 12.5 Å². The van der Waals surface area contributed by atoms with E-state index in [0.29, 0.717) is 24.3 Å². The van der Waals surface area contributed by atoms with Gasteiger partial charge < -0.3 is 4.74 Å². The molecule has 0 aliphatic heterocycles. The summed E-state index contributed by atoms with van der Waals surface area (Å²) in [5.41, 5.74) is 0.682. The number of hydrogen-bond donors (Lipinski definition) is 0. The molecule has 0 unspecified atom stereocenters. The van der Waals surface area contributed by atoms with Crippen LogP contribution in [0.2, 0.25) is 0 Å². The Labute approximate surface area is 77.8 Å². The quantitative estimate of drug-likeness (QED) is 0.647. The van der Waals surface area contributed by atoms with Gasteiger partial charge in [0.1, 0.15) is 18.2 Å².